The van der Waals surface area contributed by atoms with Gasteiger partial charge in [-0.15, -0.1) is 0 Å². The summed E-state index contributed by atoms with van der Waals surface area (Å²) in [5.41, 5.74) is 2.13. The van der Waals surface area contributed by atoms with Crippen LogP contribution >= 0.6 is 0 Å². The van der Waals surface area contributed by atoms with Crippen LogP contribution in [0.4, 0.5) is 0 Å². The van der Waals surface area contributed by atoms with E-state index in [9.17, 15) is 0 Å². The van der Waals surface area contributed by atoms with Crippen LogP contribution in [0.1, 0.15) is 55.3 Å². The molecule has 1 aliphatic carbocycles. The fraction of sp³-hybridized carbons (Fsp3) is 0.417. The van der Waals surface area contributed by atoms with Crippen LogP contribution in [-0.4, -0.2) is 25.0 Å². The van der Waals surface area contributed by atoms with Crippen molar-refractivity contribution in [2.24, 2.45) is 15.4 Å². The van der Waals surface area contributed by atoms with Gasteiger partial charge in [0, 0.05) is 0 Å². The van der Waals surface area contributed by atoms with E-state index in [1.165, 1.54) is 17.5 Å². The van der Waals surface area contributed by atoms with E-state index in [2.05, 4.69) is 48.5 Å². The van der Waals surface area contributed by atoms with E-state index in [1.54, 1.807) is 0 Å². The Hall–Kier alpha value is -2.62. The van der Waals surface area contributed by atoms with Crippen LogP contribution in [0.5, 0.6) is 0 Å². The lowest BCUT2D eigenvalue weighted by atomic mass is 9.73. The molecule has 2 heterocycles. The highest BCUT2D eigenvalue weighted by Crippen LogP contribution is 2.45. The van der Waals surface area contributed by atoms with Crippen LogP contribution in [-0.2, 0) is 9.47 Å². The Morgan fingerprint density at radius 1 is 0.643 bits per heavy atom. The molecule has 2 aliphatic heterocycles. The standard InChI is InChI=1S/C24H26N2O2/c1-4-10-18(11-5-1)20-16-27-22(25-20)24(14-8-3-9-15-24)23-26-21(17-28-23)19-12-6-2-7-13-19/h1-2,4-7,10-13,20-21H,3,8-9,14-17H2. The molecule has 4 heteroatoms. The second-order valence-electron chi connectivity index (χ2n) is 7.99. The molecule has 28 heavy (non-hydrogen) atoms. The van der Waals surface area contributed by atoms with Crippen molar-refractivity contribution in [1.29, 1.82) is 0 Å². The number of rotatable bonds is 4. The van der Waals surface area contributed by atoms with Crippen LogP contribution < -0.4 is 0 Å². The minimum Gasteiger partial charge on any atom is -0.478 e. The Bertz CT molecular complexity index is 802. The van der Waals surface area contributed by atoms with Gasteiger partial charge in [0.2, 0.25) is 0 Å². The Labute approximate surface area is 166 Å². The third-order valence-corrected chi connectivity index (χ3v) is 6.20. The molecule has 3 aliphatic rings. The molecule has 0 bridgehead atoms. The molecule has 0 saturated heterocycles. The molecule has 0 radical (unpaired) electrons. The monoisotopic (exact) mass is 374 g/mol. The number of aliphatic imine (C=N–C) groups is 2. The Morgan fingerprint density at radius 3 is 1.57 bits per heavy atom. The van der Waals surface area contributed by atoms with Crippen molar-refractivity contribution in [3.8, 4) is 0 Å². The molecule has 0 aromatic heterocycles. The van der Waals surface area contributed by atoms with E-state index < -0.39 is 0 Å². The summed E-state index contributed by atoms with van der Waals surface area (Å²) in [5, 5.41) is 0. The lowest BCUT2D eigenvalue weighted by Gasteiger charge is -2.35. The van der Waals surface area contributed by atoms with E-state index in [0.29, 0.717) is 13.2 Å². The zero-order valence-electron chi connectivity index (χ0n) is 16.1. The Kier molecular flexibility index (Phi) is 4.63. The molecular weight excluding hydrogens is 348 g/mol. The largest absolute Gasteiger partial charge is 0.478 e. The molecule has 5 rings (SSSR count). The number of nitrogens with zero attached hydrogens (tertiary/aromatic N) is 2. The molecule has 4 nitrogen and oxygen atoms in total. The lowest BCUT2D eigenvalue weighted by Crippen LogP contribution is -2.41. The summed E-state index contributed by atoms with van der Waals surface area (Å²) in [6.45, 7) is 1.22. The predicted molar refractivity (Wildman–Crippen MR) is 111 cm³/mol. The fourth-order valence-electron chi connectivity index (χ4n) is 4.64. The zero-order chi connectivity index (χ0) is 18.8. The first-order valence-electron chi connectivity index (χ1n) is 10.4. The summed E-state index contributed by atoms with van der Waals surface area (Å²) in [4.78, 5) is 10.1. The van der Waals surface area contributed by atoms with Gasteiger partial charge in [0.15, 0.2) is 11.8 Å². The third kappa shape index (κ3) is 3.11. The van der Waals surface area contributed by atoms with Crippen molar-refractivity contribution in [3.63, 3.8) is 0 Å². The topological polar surface area (TPSA) is 43.2 Å². The van der Waals surface area contributed by atoms with Gasteiger partial charge in [-0.3, -0.25) is 0 Å². The average molecular weight is 374 g/mol. The maximum absolute atomic E-state index is 6.21. The van der Waals surface area contributed by atoms with Crippen LogP contribution in [0.15, 0.2) is 70.6 Å². The van der Waals surface area contributed by atoms with E-state index in [1.807, 2.05) is 12.1 Å². The minimum atomic E-state index is -0.286. The van der Waals surface area contributed by atoms with Crippen molar-refractivity contribution >= 4 is 11.8 Å². The van der Waals surface area contributed by atoms with Crippen LogP contribution in [0.3, 0.4) is 0 Å². The molecule has 0 spiro atoms. The van der Waals surface area contributed by atoms with Crippen LogP contribution in [0, 0.1) is 5.41 Å². The van der Waals surface area contributed by atoms with Crippen molar-refractivity contribution in [2.75, 3.05) is 13.2 Å². The SMILES string of the molecule is c1ccc(C2COC(C3(C4=NC(c5ccccc5)CO4)CCCCC3)=N2)cc1. The maximum Gasteiger partial charge on any atom is 0.200 e. The van der Waals surface area contributed by atoms with E-state index in [4.69, 9.17) is 19.5 Å². The van der Waals surface area contributed by atoms with Crippen LogP contribution in [0.2, 0.25) is 0 Å². The molecule has 2 atom stereocenters. The van der Waals surface area contributed by atoms with Gasteiger partial charge in [0.1, 0.15) is 30.7 Å². The van der Waals surface area contributed by atoms with Gasteiger partial charge in [-0.05, 0) is 24.0 Å². The first-order chi connectivity index (χ1) is 13.9. The van der Waals surface area contributed by atoms with Gasteiger partial charge < -0.3 is 9.47 Å². The molecule has 2 aromatic rings. The summed E-state index contributed by atoms with van der Waals surface area (Å²) < 4.78 is 12.4. The van der Waals surface area contributed by atoms with Crippen LogP contribution in [0.25, 0.3) is 0 Å². The van der Waals surface area contributed by atoms with E-state index >= 15 is 0 Å². The third-order valence-electron chi connectivity index (χ3n) is 6.20. The molecule has 1 fully saturated rings. The molecule has 2 unspecified atom stereocenters. The summed E-state index contributed by atoms with van der Waals surface area (Å²) in [6, 6.07) is 21.0. The summed E-state index contributed by atoms with van der Waals surface area (Å²) >= 11 is 0. The summed E-state index contributed by atoms with van der Waals surface area (Å²) in [7, 11) is 0. The molecule has 2 aromatic carbocycles. The van der Waals surface area contributed by atoms with Gasteiger partial charge in [0.25, 0.3) is 0 Å². The highest BCUT2D eigenvalue weighted by molar-refractivity contribution is 6.06. The molecule has 0 N–H and O–H groups in total. The highest BCUT2D eigenvalue weighted by Gasteiger charge is 2.49. The van der Waals surface area contributed by atoms with Gasteiger partial charge in [-0.2, -0.15) is 0 Å². The van der Waals surface area contributed by atoms with Gasteiger partial charge >= 0.3 is 0 Å². The molecule has 0 amide bonds. The fourth-order valence-corrected chi connectivity index (χ4v) is 4.64. The maximum atomic E-state index is 6.21. The Morgan fingerprint density at radius 2 is 1.11 bits per heavy atom. The van der Waals surface area contributed by atoms with E-state index in [0.717, 1.165) is 37.5 Å². The van der Waals surface area contributed by atoms with E-state index in [-0.39, 0.29) is 17.5 Å². The molecule has 144 valence electrons. The number of ether oxygens (including phenoxy) is 2. The second-order valence-corrected chi connectivity index (χ2v) is 7.99. The normalized spacial score (nSPS) is 26.1. The quantitative estimate of drug-likeness (QED) is 0.731. The number of hydrogen-bond acceptors (Lipinski definition) is 4. The minimum absolute atomic E-state index is 0.0712. The van der Waals surface area contributed by atoms with Crippen molar-refractivity contribution in [1.82, 2.24) is 0 Å². The lowest BCUT2D eigenvalue weighted by molar-refractivity contribution is 0.220. The highest BCUT2D eigenvalue weighted by atomic mass is 16.5. The van der Waals surface area contributed by atoms with Crippen molar-refractivity contribution < 1.29 is 9.47 Å². The smallest absolute Gasteiger partial charge is 0.200 e. The van der Waals surface area contributed by atoms with Gasteiger partial charge in [0.05, 0.1) is 0 Å². The van der Waals surface area contributed by atoms with Gasteiger partial charge in [-0.1, -0.05) is 79.9 Å². The summed E-state index contributed by atoms with van der Waals surface area (Å²) in [6.07, 6.45) is 5.60. The van der Waals surface area contributed by atoms with Crippen molar-refractivity contribution in [3.05, 3.63) is 71.8 Å². The zero-order valence-corrected chi connectivity index (χ0v) is 16.1. The van der Waals surface area contributed by atoms with Crippen molar-refractivity contribution in [2.45, 2.75) is 44.2 Å². The first-order valence-corrected chi connectivity index (χ1v) is 10.4. The number of hydrogen-bond donors (Lipinski definition) is 0. The number of benzene rings is 2. The van der Waals surface area contributed by atoms with Gasteiger partial charge in [-0.25, -0.2) is 9.98 Å². The summed E-state index contributed by atoms with van der Waals surface area (Å²) in [5.74, 6) is 1.68. The molecule has 1 saturated carbocycles. The molecular formula is C24H26N2O2. The average Bonchev–Trinajstić information content (AvgIpc) is 3.46. The first kappa shape index (κ1) is 17.5. The Balaban J connectivity index is 1.47. The second kappa shape index (κ2) is 7.42. The predicted octanol–water partition coefficient (Wildman–Crippen LogP) is 5.28.